The molecule has 0 radical (unpaired) electrons. The highest BCUT2D eigenvalue weighted by Gasteiger charge is 2.64. The number of fused-ring (bicyclic) bond motifs is 10. The third-order valence-electron chi connectivity index (χ3n) is 15.4. The van der Waals surface area contributed by atoms with E-state index in [4.69, 9.17) is 25.4 Å². The number of allylic oxidation sites excluding steroid dienone is 4. The molecule has 7 aliphatic carbocycles. The first-order valence-electron chi connectivity index (χ1n) is 19.7. The van der Waals surface area contributed by atoms with Gasteiger partial charge < -0.3 is 18.9 Å². The molecule has 0 aromatic heterocycles. The summed E-state index contributed by atoms with van der Waals surface area (Å²) in [5.74, 6) is 9.50. The second kappa shape index (κ2) is 12.5. The highest BCUT2D eigenvalue weighted by Crippen LogP contribution is 2.66. The number of carbonyl (C=O) groups excluding carboxylic acids is 1. The van der Waals surface area contributed by atoms with Gasteiger partial charge in [-0.2, -0.15) is 0 Å². The van der Waals surface area contributed by atoms with Gasteiger partial charge >= 0.3 is 5.97 Å². The van der Waals surface area contributed by atoms with Crippen molar-refractivity contribution in [1.29, 1.82) is 0 Å². The van der Waals surface area contributed by atoms with Gasteiger partial charge in [0.1, 0.15) is 11.9 Å². The lowest BCUT2D eigenvalue weighted by Crippen LogP contribution is -2.53. The summed E-state index contributed by atoms with van der Waals surface area (Å²) in [6, 6.07) is 6.82. The normalized spacial score (nSPS) is 42.4. The zero-order valence-corrected chi connectivity index (χ0v) is 30.6. The molecule has 4 saturated carbocycles. The Kier molecular flexibility index (Phi) is 8.53. The molecule has 5 nitrogen and oxygen atoms in total. The van der Waals surface area contributed by atoms with Crippen molar-refractivity contribution in [1.82, 2.24) is 0 Å². The van der Waals surface area contributed by atoms with Gasteiger partial charge in [0.25, 0.3) is 0 Å². The molecule has 1 aromatic carbocycles. The van der Waals surface area contributed by atoms with Gasteiger partial charge in [-0.05, 0) is 167 Å². The van der Waals surface area contributed by atoms with E-state index >= 15 is 0 Å². The third kappa shape index (κ3) is 5.32. The molecular weight excluding hydrogens is 608 g/mol. The maximum absolute atomic E-state index is 12.1. The van der Waals surface area contributed by atoms with Crippen molar-refractivity contribution in [2.75, 3.05) is 6.61 Å². The molecule has 0 heterocycles. The second-order valence-corrected chi connectivity index (χ2v) is 17.3. The number of hydrogen-bond donors (Lipinski definition) is 0. The quantitative estimate of drug-likeness (QED) is 0.165. The first-order chi connectivity index (χ1) is 23.6. The standard InChI is InChI=1S/C44H58O5/c1-7-44(49-27(3)45)24-21-40-38-14-10-30-26-32(12-16-34(30)36(38)20-23-43(40,44)6)48-41-18-17-39-37-13-9-29-25-31(47-28(4)46-8-2)11-15-33(29)35(37)19-22-42(39,41)5/h1,10-11,15,25-26,28,34-41H,8-9,12-14,16-24H2,2-6H3/t28?,34-,35+,36+,37+,38+,39-,40-,41-,42-,43-,44-/m0/s1. The van der Waals surface area contributed by atoms with Crippen molar-refractivity contribution >= 4 is 5.97 Å². The lowest BCUT2D eigenvalue weighted by atomic mass is 9.51. The minimum absolute atomic E-state index is 0.133. The zero-order chi connectivity index (χ0) is 34.1. The largest absolute Gasteiger partial charge is 0.494 e. The highest BCUT2D eigenvalue weighted by atomic mass is 16.7. The van der Waals surface area contributed by atoms with Crippen LogP contribution in [-0.4, -0.2) is 30.6 Å². The van der Waals surface area contributed by atoms with E-state index in [1.165, 1.54) is 68.8 Å². The Labute approximate surface area is 294 Å². The van der Waals surface area contributed by atoms with Crippen LogP contribution in [0.2, 0.25) is 0 Å². The van der Waals surface area contributed by atoms with Crippen LogP contribution in [0.5, 0.6) is 5.75 Å². The van der Waals surface area contributed by atoms with Crippen LogP contribution in [0, 0.1) is 58.7 Å². The number of aryl methyl sites for hydroxylation is 1. The predicted molar refractivity (Wildman–Crippen MR) is 192 cm³/mol. The predicted octanol–water partition coefficient (Wildman–Crippen LogP) is 9.69. The third-order valence-corrected chi connectivity index (χ3v) is 15.4. The molecule has 1 unspecified atom stereocenters. The Bertz CT molecular complexity index is 1570. The van der Waals surface area contributed by atoms with E-state index in [2.05, 4.69) is 50.1 Å². The lowest BCUT2D eigenvalue weighted by Gasteiger charge is -2.54. The van der Waals surface area contributed by atoms with Crippen LogP contribution in [0.15, 0.2) is 41.7 Å². The Morgan fingerprint density at radius 2 is 1.82 bits per heavy atom. The van der Waals surface area contributed by atoms with E-state index in [0.717, 1.165) is 56.1 Å². The minimum Gasteiger partial charge on any atom is -0.494 e. The fraction of sp³-hybridized carbons (Fsp3) is 0.705. The van der Waals surface area contributed by atoms with Crippen LogP contribution in [0.4, 0.5) is 0 Å². The first kappa shape index (κ1) is 33.4. The molecule has 0 saturated heterocycles. The fourth-order valence-corrected chi connectivity index (χ4v) is 13.1. The van der Waals surface area contributed by atoms with Crippen LogP contribution in [0.1, 0.15) is 129 Å². The molecule has 0 spiro atoms. The summed E-state index contributed by atoms with van der Waals surface area (Å²) in [6.07, 6.45) is 26.1. The summed E-state index contributed by atoms with van der Waals surface area (Å²) < 4.78 is 24.8. The Morgan fingerprint density at radius 3 is 2.61 bits per heavy atom. The highest BCUT2D eigenvalue weighted by molar-refractivity contribution is 5.67. The molecule has 8 rings (SSSR count). The zero-order valence-electron chi connectivity index (χ0n) is 30.6. The number of rotatable bonds is 7. The smallest absolute Gasteiger partial charge is 0.304 e. The van der Waals surface area contributed by atoms with E-state index in [9.17, 15) is 4.79 Å². The van der Waals surface area contributed by atoms with E-state index in [1.54, 1.807) is 5.56 Å². The summed E-state index contributed by atoms with van der Waals surface area (Å²) >= 11 is 0. The van der Waals surface area contributed by atoms with Crippen LogP contribution in [0.25, 0.3) is 0 Å². The van der Waals surface area contributed by atoms with Gasteiger partial charge in [-0.25, -0.2) is 0 Å². The SMILES string of the molecule is C#C[C@]1(OC(C)=O)CC[C@H]2[C@@H]3CC=C4C=C(O[C@H]5CC[C@H]6[C@@H]7CCc8cc(OC(C)OCC)ccc8[C@H]7CC[C@]56C)CC[C@@H]4[C@H]3CC[C@@]21C. The number of hydrogen-bond acceptors (Lipinski definition) is 5. The van der Waals surface area contributed by atoms with Gasteiger partial charge in [0.2, 0.25) is 0 Å². The van der Waals surface area contributed by atoms with Gasteiger partial charge in [-0.15, -0.1) is 6.42 Å². The van der Waals surface area contributed by atoms with E-state index in [-0.39, 0.29) is 23.1 Å². The Balaban J connectivity index is 0.941. The molecule has 7 aliphatic rings. The average Bonchev–Trinajstić information content (AvgIpc) is 3.57. The fourth-order valence-electron chi connectivity index (χ4n) is 13.1. The summed E-state index contributed by atoms with van der Waals surface area (Å²) in [4.78, 5) is 12.1. The molecule has 0 aliphatic heterocycles. The van der Waals surface area contributed by atoms with E-state index < -0.39 is 5.60 Å². The second-order valence-electron chi connectivity index (χ2n) is 17.3. The molecular formula is C44H58O5. The summed E-state index contributed by atoms with van der Waals surface area (Å²) in [6.45, 7) is 11.0. The molecule has 5 heteroatoms. The van der Waals surface area contributed by atoms with Gasteiger partial charge in [0, 0.05) is 30.8 Å². The van der Waals surface area contributed by atoms with E-state index in [1.807, 2.05) is 13.8 Å². The molecule has 12 atom stereocenters. The molecule has 0 bridgehead atoms. The number of carbonyl (C=O) groups is 1. The van der Waals surface area contributed by atoms with Crippen LogP contribution >= 0.6 is 0 Å². The van der Waals surface area contributed by atoms with Crippen LogP contribution < -0.4 is 4.74 Å². The van der Waals surface area contributed by atoms with Crippen LogP contribution in [0.3, 0.4) is 0 Å². The lowest BCUT2D eigenvalue weighted by molar-refractivity contribution is -0.167. The molecule has 264 valence electrons. The van der Waals surface area contributed by atoms with Crippen molar-refractivity contribution in [2.45, 2.75) is 142 Å². The molecule has 0 N–H and O–H groups in total. The molecule has 49 heavy (non-hydrogen) atoms. The Morgan fingerprint density at radius 1 is 0.959 bits per heavy atom. The topological polar surface area (TPSA) is 54.0 Å². The number of esters is 1. The maximum atomic E-state index is 12.1. The number of ether oxygens (including phenoxy) is 4. The van der Waals surface area contributed by atoms with Crippen molar-refractivity contribution in [3.8, 4) is 18.1 Å². The summed E-state index contributed by atoms with van der Waals surface area (Å²) in [7, 11) is 0. The van der Waals surface area contributed by atoms with Gasteiger partial charge in [0.05, 0.1) is 5.76 Å². The molecule has 4 fully saturated rings. The van der Waals surface area contributed by atoms with Gasteiger partial charge in [-0.3, -0.25) is 4.79 Å². The number of terminal acetylenes is 1. The average molecular weight is 667 g/mol. The first-order valence-corrected chi connectivity index (χ1v) is 19.7. The van der Waals surface area contributed by atoms with Crippen molar-refractivity contribution in [3.63, 3.8) is 0 Å². The summed E-state index contributed by atoms with van der Waals surface area (Å²) in [5, 5.41) is 0. The number of benzene rings is 1. The minimum atomic E-state index is -0.748. The van der Waals surface area contributed by atoms with E-state index in [0.29, 0.717) is 42.3 Å². The van der Waals surface area contributed by atoms with Crippen molar-refractivity contribution in [3.05, 3.63) is 52.8 Å². The van der Waals surface area contributed by atoms with Gasteiger partial charge in [-0.1, -0.05) is 31.9 Å². The summed E-state index contributed by atoms with van der Waals surface area (Å²) in [5.41, 5.74) is 3.95. The molecule has 0 amide bonds. The maximum Gasteiger partial charge on any atom is 0.304 e. The van der Waals surface area contributed by atoms with Crippen LogP contribution in [-0.2, 0) is 25.4 Å². The monoisotopic (exact) mass is 666 g/mol. The van der Waals surface area contributed by atoms with Crippen molar-refractivity contribution in [2.24, 2.45) is 46.3 Å². The van der Waals surface area contributed by atoms with Gasteiger partial charge in [0.15, 0.2) is 11.9 Å². The van der Waals surface area contributed by atoms with Crippen molar-refractivity contribution < 1.29 is 23.7 Å². The molecule has 1 aromatic rings. The Hall–Kier alpha value is -2.71.